The third-order valence-corrected chi connectivity index (χ3v) is 3.98. The summed E-state index contributed by atoms with van der Waals surface area (Å²) in [5, 5.41) is 13.1. The van der Waals surface area contributed by atoms with Crippen molar-refractivity contribution in [3.8, 4) is 5.75 Å². The number of nitrogens with zero attached hydrogens (tertiary/aromatic N) is 2. The Hall–Kier alpha value is -1.59. The van der Waals surface area contributed by atoms with E-state index in [1.807, 2.05) is 32.2 Å². The van der Waals surface area contributed by atoms with Crippen LogP contribution >= 0.6 is 11.3 Å². The number of thiazole rings is 1. The van der Waals surface area contributed by atoms with Gasteiger partial charge in [-0.1, -0.05) is 6.07 Å². The standard InChI is InChI=1S/C15H20N2O2S/c1-10(18)15-13(6-5-7-14(15)19-4)17(3)8-12-9-20-11(2)16-12/h5-7,9-10,18H,8H2,1-4H3. The number of ether oxygens (including phenoxy) is 1. The minimum atomic E-state index is -0.583. The first-order valence-corrected chi connectivity index (χ1v) is 7.38. The summed E-state index contributed by atoms with van der Waals surface area (Å²) >= 11 is 1.65. The molecule has 0 fully saturated rings. The van der Waals surface area contributed by atoms with Crippen molar-refractivity contribution in [1.29, 1.82) is 0 Å². The largest absolute Gasteiger partial charge is 0.496 e. The van der Waals surface area contributed by atoms with E-state index in [-0.39, 0.29) is 0 Å². The fourth-order valence-electron chi connectivity index (χ4n) is 2.27. The van der Waals surface area contributed by atoms with Crippen LogP contribution in [0.25, 0.3) is 0 Å². The molecule has 0 saturated heterocycles. The molecule has 5 heteroatoms. The zero-order valence-corrected chi connectivity index (χ0v) is 13.1. The maximum Gasteiger partial charge on any atom is 0.126 e. The molecule has 1 aromatic heterocycles. The van der Waals surface area contributed by atoms with Crippen LogP contribution < -0.4 is 9.64 Å². The summed E-state index contributed by atoms with van der Waals surface area (Å²) < 4.78 is 5.35. The van der Waals surface area contributed by atoms with Gasteiger partial charge in [0.25, 0.3) is 0 Å². The summed E-state index contributed by atoms with van der Waals surface area (Å²) in [6, 6.07) is 5.79. The predicted octanol–water partition coefficient (Wildman–Crippen LogP) is 3.15. The van der Waals surface area contributed by atoms with Crippen LogP contribution in [0.5, 0.6) is 5.75 Å². The number of benzene rings is 1. The zero-order chi connectivity index (χ0) is 14.7. The Morgan fingerprint density at radius 3 is 2.75 bits per heavy atom. The Morgan fingerprint density at radius 2 is 2.20 bits per heavy atom. The smallest absolute Gasteiger partial charge is 0.126 e. The maximum absolute atomic E-state index is 10.0. The summed E-state index contributed by atoms with van der Waals surface area (Å²) in [5.41, 5.74) is 2.81. The van der Waals surface area contributed by atoms with Crippen molar-refractivity contribution in [3.63, 3.8) is 0 Å². The van der Waals surface area contributed by atoms with Gasteiger partial charge < -0.3 is 14.7 Å². The highest BCUT2D eigenvalue weighted by Gasteiger charge is 2.17. The number of rotatable bonds is 5. The first kappa shape index (κ1) is 14.8. The number of anilines is 1. The predicted molar refractivity (Wildman–Crippen MR) is 82.6 cm³/mol. The fourth-order valence-corrected chi connectivity index (χ4v) is 2.88. The molecule has 1 heterocycles. The van der Waals surface area contributed by atoms with E-state index in [9.17, 15) is 5.11 Å². The molecule has 1 unspecified atom stereocenters. The van der Waals surface area contributed by atoms with Crippen molar-refractivity contribution in [2.45, 2.75) is 26.5 Å². The average molecular weight is 292 g/mol. The van der Waals surface area contributed by atoms with Gasteiger partial charge in [0.15, 0.2) is 0 Å². The molecule has 2 rings (SSSR count). The third kappa shape index (κ3) is 3.11. The number of aliphatic hydroxyl groups excluding tert-OH is 1. The highest BCUT2D eigenvalue weighted by atomic mass is 32.1. The lowest BCUT2D eigenvalue weighted by Crippen LogP contribution is -2.19. The maximum atomic E-state index is 10.0. The van der Waals surface area contributed by atoms with Gasteiger partial charge in [-0.2, -0.15) is 0 Å². The van der Waals surface area contributed by atoms with Crippen LogP contribution in [0.1, 0.15) is 29.3 Å². The van der Waals surface area contributed by atoms with E-state index in [4.69, 9.17) is 4.74 Å². The second-order valence-corrected chi connectivity index (χ2v) is 5.85. The van der Waals surface area contributed by atoms with E-state index in [2.05, 4.69) is 15.3 Å². The number of aliphatic hydroxyl groups is 1. The van der Waals surface area contributed by atoms with E-state index in [1.165, 1.54) is 0 Å². The summed E-state index contributed by atoms with van der Waals surface area (Å²) in [6.45, 7) is 4.46. The van der Waals surface area contributed by atoms with Gasteiger partial charge >= 0.3 is 0 Å². The van der Waals surface area contributed by atoms with Gasteiger partial charge in [0, 0.05) is 23.7 Å². The first-order chi connectivity index (χ1) is 9.52. The van der Waals surface area contributed by atoms with Crippen molar-refractivity contribution < 1.29 is 9.84 Å². The van der Waals surface area contributed by atoms with Gasteiger partial charge in [-0.25, -0.2) is 4.98 Å². The van der Waals surface area contributed by atoms with Gasteiger partial charge in [0.05, 0.1) is 30.5 Å². The van der Waals surface area contributed by atoms with Gasteiger partial charge in [-0.05, 0) is 26.0 Å². The van der Waals surface area contributed by atoms with Crippen molar-refractivity contribution in [3.05, 3.63) is 39.8 Å². The molecule has 2 aromatic rings. The molecule has 0 amide bonds. The number of hydrogen-bond donors (Lipinski definition) is 1. The highest BCUT2D eigenvalue weighted by molar-refractivity contribution is 7.09. The molecule has 1 atom stereocenters. The Morgan fingerprint density at radius 1 is 1.45 bits per heavy atom. The van der Waals surface area contributed by atoms with Crippen LogP contribution in [0.4, 0.5) is 5.69 Å². The molecular weight excluding hydrogens is 272 g/mol. The van der Waals surface area contributed by atoms with E-state index >= 15 is 0 Å². The Labute approximate surface area is 123 Å². The molecule has 0 radical (unpaired) electrons. The Kier molecular flexibility index (Phi) is 4.62. The molecule has 0 aliphatic carbocycles. The van der Waals surface area contributed by atoms with Crippen LogP contribution in [0.15, 0.2) is 23.6 Å². The van der Waals surface area contributed by atoms with Crippen LogP contribution in [-0.4, -0.2) is 24.2 Å². The number of aromatic nitrogens is 1. The lowest BCUT2D eigenvalue weighted by Gasteiger charge is -2.24. The quantitative estimate of drug-likeness (QED) is 0.919. The molecule has 20 heavy (non-hydrogen) atoms. The summed E-state index contributed by atoms with van der Waals surface area (Å²) in [4.78, 5) is 6.56. The van der Waals surface area contributed by atoms with Crippen molar-refractivity contribution in [1.82, 2.24) is 4.98 Å². The summed E-state index contributed by atoms with van der Waals surface area (Å²) in [7, 11) is 3.62. The van der Waals surface area contributed by atoms with E-state index in [1.54, 1.807) is 25.4 Å². The van der Waals surface area contributed by atoms with E-state index in [0.717, 1.165) is 22.0 Å². The minimum Gasteiger partial charge on any atom is -0.496 e. The molecule has 1 N–H and O–H groups in total. The molecule has 0 bridgehead atoms. The summed E-state index contributed by atoms with van der Waals surface area (Å²) in [6.07, 6.45) is -0.583. The van der Waals surface area contributed by atoms with E-state index < -0.39 is 6.10 Å². The van der Waals surface area contributed by atoms with E-state index in [0.29, 0.717) is 12.3 Å². The average Bonchev–Trinajstić information content (AvgIpc) is 2.82. The molecule has 108 valence electrons. The lowest BCUT2D eigenvalue weighted by atomic mass is 10.1. The number of aryl methyl sites for hydroxylation is 1. The number of methoxy groups -OCH3 is 1. The van der Waals surface area contributed by atoms with Crippen molar-refractivity contribution >= 4 is 17.0 Å². The van der Waals surface area contributed by atoms with Crippen LogP contribution in [-0.2, 0) is 6.54 Å². The van der Waals surface area contributed by atoms with Crippen LogP contribution in [0.3, 0.4) is 0 Å². The highest BCUT2D eigenvalue weighted by Crippen LogP contribution is 2.34. The minimum absolute atomic E-state index is 0.583. The van der Waals surface area contributed by atoms with Gasteiger partial charge in [0.1, 0.15) is 5.75 Å². The summed E-state index contributed by atoms with van der Waals surface area (Å²) in [5.74, 6) is 0.707. The number of hydrogen-bond acceptors (Lipinski definition) is 5. The molecule has 1 aromatic carbocycles. The van der Waals surface area contributed by atoms with Crippen molar-refractivity contribution in [2.24, 2.45) is 0 Å². The fraction of sp³-hybridized carbons (Fsp3) is 0.400. The van der Waals surface area contributed by atoms with Crippen molar-refractivity contribution in [2.75, 3.05) is 19.1 Å². The molecule has 0 saturated carbocycles. The molecule has 4 nitrogen and oxygen atoms in total. The third-order valence-electron chi connectivity index (χ3n) is 3.16. The van der Waals surface area contributed by atoms with Gasteiger partial charge in [-0.15, -0.1) is 11.3 Å². The second kappa shape index (κ2) is 6.24. The van der Waals surface area contributed by atoms with Gasteiger partial charge in [0.2, 0.25) is 0 Å². The van der Waals surface area contributed by atoms with Gasteiger partial charge in [-0.3, -0.25) is 0 Å². The molecular formula is C15H20N2O2S. The SMILES string of the molecule is COc1cccc(N(C)Cc2csc(C)n2)c1C(C)O. The first-order valence-electron chi connectivity index (χ1n) is 6.50. The normalized spacial score (nSPS) is 12.2. The van der Waals surface area contributed by atoms with Crippen LogP contribution in [0.2, 0.25) is 0 Å². The van der Waals surface area contributed by atoms with Crippen LogP contribution in [0, 0.1) is 6.92 Å². The second-order valence-electron chi connectivity index (χ2n) is 4.78. The zero-order valence-electron chi connectivity index (χ0n) is 12.3. The Bertz CT molecular complexity index is 581. The molecule has 0 spiro atoms. The Balaban J connectivity index is 2.31. The molecule has 0 aliphatic heterocycles. The lowest BCUT2D eigenvalue weighted by molar-refractivity contribution is 0.194. The topological polar surface area (TPSA) is 45.6 Å². The molecule has 0 aliphatic rings. The monoisotopic (exact) mass is 292 g/mol.